The molecule has 0 amide bonds. The molecule has 1 aromatic heterocycles. The van der Waals surface area contributed by atoms with Gasteiger partial charge in [-0.25, -0.2) is 0 Å². The second-order valence-electron chi connectivity index (χ2n) is 4.56. The fourth-order valence-electron chi connectivity index (χ4n) is 2.59. The summed E-state index contributed by atoms with van der Waals surface area (Å²) in [5.74, 6) is 0.889. The molecule has 0 fully saturated rings. The molecule has 18 heavy (non-hydrogen) atoms. The Morgan fingerprint density at radius 3 is 3.00 bits per heavy atom. The highest BCUT2D eigenvalue weighted by molar-refractivity contribution is 5.75. The van der Waals surface area contributed by atoms with Crippen molar-refractivity contribution in [1.29, 1.82) is 0 Å². The van der Waals surface area contributed by atoms with E-state index in [4.69, 9.17) is 9.84 Å². The van der Waals surface area contributed by atoms with E-state index in [1.165, 1.54) is 16.7 Å². The van der Waals surface area contributed by atoms with Crippen LogP contribution in [0.25, 0.3) is 11.3 Å². The van der Waals surface area contributed by atoms with E-state index >= 15 is 0 Å². The maximum absolute atomic E-state index is 9.02. The van der Waals surface area contributed by atoms with E-state index in [2.05, 4.69) is 24.2 Å². The van der Waals surface area contributed by atoms with Gasteiger partial charge in [-0.1, -0.05) is 0 Å². The quantitative estimate of drug-likeness (QED) is 0.763. The lowest BCUT2D eigenvalue weighted by atomic mass is 10.1. The van der Waals surface area contributed by atoms with Crippen LogP contribution in [-0.4, -0.2) is 28.6 Å². The van der Waals surface area contributed by atoms with Gasteiger partial charge in [0.2, 0.25) is 0 Å². The molecule has 4 heteroatoms. The van der Waals surface area contributed by atoms with E-state index in [0.717, 1.165) is 23.6 Å². The Labute approximate surface area is 106 Å². The van der Waals surface area contributed by atoms with E-state index in [0.29, 0.717) is 6.54 Å². The molecule has 4 nitrogen and oxygen atoms in total. The van der Waals surface area contributed by atoms with Gasteiger partial charge in [-0.2, -0.15) is 5.10 Å². The Morgan fingerprint density at radius 1 is 1.44 bits per heavy atom. The van der Waals surface area contributed by atoms with Crippen LogP contribution in [0.1, 0.15) is 16.8 Å². The van der Waals surface area contributed by atoms with Crippen LogP contribution < -0.4 is 4.74 Å². The second kappa shape index (κ2) is 4.14. The average Bonchev–Trinajstić information content (AvgIpc) is 2.88. The van der Waals surface area contributed by atoms with Crippen LogP contribution in [0.5, 0.6) is 5.75 Å². The molecule has 1 heterocycles. The molecule has 1 aromatic carbocycles. The van der Waals surface area contributed by atoms with Crippen LogP contribution >= 0.6 is 0 Å². The van der Waals surface area contributed by atoms with E-state index in [-0.39, 0.29) is 6.61 Å². The number of aromatic nitrogens is 2. The number of fused-ring (bicyclic) bond motifs is 3. The van der Waals surface area contributed by atoms with Crippen LogP contribution in [0, 0.1) is 6.92 Å². The first-order valence-corrected chi connectivity index (χ1v) is 6.09. The molecule has 94 valence electrons. The zero-order chi connectivity index (χ0) is 12.7. The average molecular weight is 244 g/mol. The van der Waals surface area contributed by atoms with E-state index in [1.54, 1.807) is 7.11 Å². The zero-order valence-corrected chi connectivity index (χ0v) is 10.6. The van der Waals surface area contributed by atoms with Crippen LogP contribution in [0.2, 0.25) is 0 Å². The molecular weight excluding hydrogens is 228 g/mol. The van der Waals surface area contributed by atoms with Gasteiger partial charge in [0.05, 0.1) is 26.0 Å². The van der Waals surface area contributed by atoms with Gasteiger partial charge in [0.15, 0.2) is 0 Å². The molecule has 0 atom stereocenters. The third-order valence-corrected chi connectivity index (χ3v) is 3.58. The van der Waals surface area contributed by atoms with Gasteiger partial charge in [0.25, 0.3) is 0 Å². The minimum Gasteiger partial charge on any atom is -0.497 e. The minimum atomic E-state index is 0.122. The van der Waals surface area contributed by atoms with Gasteiger partial charge >= 0.3 is 0 Å². The molecule has 3 rings (SSSR count). The molecule has 1 aliphatic carbocycles. The molecule has 0 unspecified atom stereocenters. The van der Waals surface area contributed by atoms with Gasteiger partial charge in [0.1, 0.15) is 5.75 Å². The molecule has 1 N–H and O–H groups in total. The summed E-state index contributed by atoms with van der Waals surface area (Å²) in [5, 5.41) is 13.6. The third kappa shape index (κ3) is 1.53. The SMILES string of the molecule is COc1ccc2c(c1)Cc1c-2nn(CCO)c1C. The maximum Gasteiger partial charge on any atom is 0.119 e. The molecule has 0 bridgehead atoms. The summed E-state index contributed by atoms with van der Waals surface area (Å²) in [6.45, 7) is 2.74. The van der Waals surface area contributed by atoms with Crippen molar-refractivity contribution in [3.05, 3.63) is 35.0 Å². The first-order valence-electron chi connectivity index (χ1n) is 6.09. The van der Waals surface area contributed by atoms with Crippen LogP contribution in [-0.2, 0) is 13.0 Å². The van der Waals surface area contributed by atoms with E-state index in [9.17, 15) is 0 Å². The first kappa shape index (κ1) is 11.3. The van der Waals surface area contributed by atoms with Crippen molar-refractivity contribution in [2.24, 2.45) is 0 Å². The van der Waals surface area contributed by atoms with Gasteiger partial charge in [-0.05, 0) is 30.7 Å². The molecular formula is C14H16N2O2. The molecule has 1 aliphatic rings. The smallest absolute Gasteiger partial charge is 0.119 e. The minimum absolute atomic E-state index is 0.122. The monoisotopic (exact) mass is 244 g/mol. The fraction of sp³-hybridized carbons (Fsp3) is 0.357. The standard InChI is InChI=1S/C14H16N2O2/c1-9-13-8-10-7-11(18-2)3-4-12(10)14(13)15-16(9)5-6-17/h3-4,7,17H,5-6,8H2,1-2H3. The highest BCUT2D eigenvalue weighted by Gasteiger charge is 2.25. The summed E-state index contributed by atoms with van der Waals surface area (Å²) < 4.78 is 7.14. The Hall–Kier alpha value is -1.81. The van der Waals surface area contributed by atoms with Crippen molar-refractivity contribution in [2.75, 3.05) is 13.7 Å². The molecule has 0 radical (unpaired) electrons. The summed E-state index contributed by atoms with van der Waals surface area (Å²) in [4.78, 5) is 0. The highest BCUT2D eigenvalue weighted by atomic mass is 16.5. The lowest BCUT2D eigenvalue weighted by Crippen LogP contribution is -2.06. The lowest BCUT2D eigenvalue weighted by molar-refractivity contribution is 0.268. The number of ether oxygens (including phenoxy) is 1. The van der Waals surface area contributed by atoms with Gasteiger partial charge in [-0.15, -0.1) is 0 Å². The first-order chi connectivity index (χ1) is 8.74. The Kier molecular flexibility index (Phi) is 2.59. The van der Waals surface area contributed by atoms with Crippen molar-refractivity contribution < 1.29 is 9.84 Å². The Morgan fingerprint density at radius 2 is 2.28 bits per heavy atom. The fourth-order valence-corrected chi connectivity index (χ4v) is 2.59. The van der Waals surface area contributed by atoms with Crippen LogP contribution in [0.3, 0.4) is 0 Å². The number of aliphatic hydroxyl groups is 1. The lowest BCUT2D eigenvalue weighted by Gasteiger charge is -2.05. The summed E-state index contributed by atoms with van der Waals surface area (Å²) in [6, 6.07) is 6.11. The number of hydrogen-bond donors (Lipinski definition) is 1. The van der Waals surface area contributed by atoms with Crippen molar-refractivity contribution in [3.8, 4) is 17.0 Å². The van der Waals surface area contributed by atoms with Crippen molar-refractivity contribution >= 4 is 0 Å². The predicted octanol–water partition coefficient (Wildman–Crippen LogP) is 1.76. The maximum atomic E-state index is 9.02. The van der Waals surface area contributed by atoms with Gasteiger partial charge < -0.3 is 9.84 Å². The molecule has 0 saturated heterocycles. The summed E-state index contributed by atoms with van der Waals surface area (Å²) in [7, 11) is 1.68. The molecule has 0 saturated carbocycles. The van der Waals surface area contributed by atoms with Crippen LogP contribution in [0.15, 0.2) is 18.2 Å². The molecule has 0 aliphatic heterocycles. The van der Waals surface area contributed by atoms with Gasteiger partial charge in [-0.3, -0.25) is 4.68 Å². The number of benzene rings is 1. The molecule has 2 aromatic rings. The largest absolute Gasteiger partial charge is 0.497 e. The van der Waals surface area contributed by atoms with Crippen LogP contribution in [0.4, 0.5) is 0 Å². The Balaban J connectivity index is 2.07. The molecule has 0 spiro atoms. The number of nitrogens with zero attached hydrogens (tertiary/aromatic N) is 2. The van der Waals surface area contributed by atoms with E-state index in [1.807, 2.05) is 10.7 Å². The Bertz CT molecular complexity index is 602. The number of rotatable bonds is 3. The summed E-state index contributed by atoms with van der Waals surface area (Å²) in [5.41, 5.74) is 5.93. The van der Waals surface area contributed by atoms with Gasteiger partial charge in [0, 0.05) is 23.2 Å². The third-order valence-electron chi connectivity index (χ3n) is 3.58. The number of hydrogen-bond acceptors (Lipinski definition) is 3. The zero-order valence-electron chi connectivity index (χ0n) is 10.6. The number of aliphatic hydroxyl groups excluding tert-OH is 1. The van der Waals surface area contributed by atoms with E-state index < -0.39 is 0 Å². The topological polar surface area (TPSA) is 47.3 Å². The predicted molar refractivity (Wildman–Crippen MR) is 68.8 cm³/mol. The van der Waals surface area contributed by atoms with Crippen molar-refractivity contribution in [3.63, 3.8) is 0 Å². The summed E-state index contributed by atoms with van der Waals surface area (Å²) in [6.07, 6.45) is 0.902. The highest BCUT2D eigenvalue weighted by Crippen LogP contribution is 2.38. The second-order valence-corrected chi connectivity index (χ2v) is 4.56. The normalized spacial score (nSPS) is 12.4. The number of methoxy groups -OCH3 is 1. The van der Waals surface area contributed by atoms with Crippen molar-refractivity contribution in [2.45, 2.75) is 19.9 Å². The summed E-state index contributed by atoms with van der Waals surface area (Å²) >= 11 is 0. The van der Waals surface area contributed by atoms with Crippen molar-refractivity contribution in [1.82, 2.24) is 9.78 Å².